The summed E-state index contributed by atoms with van der Waals surface area (Å²) < 4.78 is 9.62. The van der Waals surface area contributed by atoms with Crippen LogP contribution < -0.4 is 0 Å². The van der Waals surface area contributed by atoms with E-state index in [1.54, 1.807) is 13.8 Å². The Labute approximate surface area is 143 Å². The molecule has 0 spiro atoms. The van der Waals surface area contributed by atoms with Crippen molar-refractivity contribution in [2.45, 2.75) is 13.8 Å². The van der Waals surface area contributed by atoms with Crippen LogP contribution in [0.3, 0.4) is 0 Å². The molecular formula is C17H16N2O6. The van der Waals surface area contributed by atoms with E-state index in [0.29, 0.717) is 17.0 Å². The Kier molecular flexibility index (Phi) is 5.11. The van der Waals surface area contributed by atoms with Gasteiger partial charge in [-0.05, 0) is 31.5 Å². The van der Waals surface area contributed by atoms with Crippen LogP contribution in [0.15, 0.2) is 24.3 Å². The Morgan fingerprint density at radius 2 is 1.40 bits per heavy atom. The van der Waals surface area contributed by atoms with Crippen LogP contribution in [0, 0.1) is 24.0 Å². The fraction of sp³-hybridized carbons (Fsp3) is 0.235. The number of non-ortho nitro benzene ring substituents is 1. The number of esters is 2. The van der Waals surface area contributed by atoms with Gasteiger partial charge in [0.15, 0.2) is 0 Å². The van der Waals surface area contributed by atoms with Crippen LogP contribution in [0.5, 0.6) is 0 Å². The van der Waals surface area contributed by atoms with E-state index in [-0.39, 0.29) is 22.4 Å². The van der Waals surface area contributed by atoms with Gasteiger partial charge in [-0.15, -0.1) is 0 Å². The van der Waals surface area contributed by atoms with E-state index in [1.807, 2.05) is 0 Å². The maximum absolute atomic E-state index is 12.3. The molecule has 0 saturated carbocycles. The average molecular weight is 344 g/mol. The lowest BCUT2D eigenvalue weighted by Crippen LogP contribution is -2.16. The number of aryl methyl sites for hydroxylation is 2. The third-order valence-electron chi connectivity index (χ3n) is 3.70. The molecule has 0 unspecified atom stereocenters. The number of nitro groups is 1. The molecule has 8 nitrogen and oxygen atoms in total. The van der Waals surface area contributed by atoms with Gasteiger partial charge < -0.3 is 9.47 Å². The SMILES string of the molecule is COC(=O)c1c(C)nc(C)c(C(=O)OC)c1-c1ccc([N+](=O)[O-])cc1. The molecule has 0 saturated heterocycles. The second kappa shape index (κ2) is 7.08. The molecule has 0 aliphatic heterocycles. The van der Waals surface area contributed by atoms with Gasteiger partial charge in [-0.1, -0.05) is 0 Å². The predicted molar refractivity (Wildman–Crippen MR) is 88.5 cm³/mol. The molecule has 0 aliphatic carbocycles. The van der Waals surface area contributed by atoms with Gasteiger partial charge in [-0.3, -0.25) is 15.1 Å². The summed E-state index contributed by atoms with van der Waals surface area (Å²) >= 11 is 0. The summed E-state index contributed by atoms with van der Waals surface area (Å²) in [5.74, 6) is -1.33. The first-order valence-corrected chi connectivity index (χ1v) is 7.24. The first-order chi connectivity index (χ1) is 11.8. The first-order valence-electron chi connectivity index (χ1n) is 7.24. The first kappa shape index (κ1) is 18.1. The zero-order valence-electron chi connectivity index (χ0n) is 14.2. The second-order valence-corrected chi connectivity index (χ2v) is 5.19. The van der Waals surface area contributed by atoms with Gasteiger partial charge >= 0.3 is 11.9 Å². The Morgan fingerprint density at radius 1 is 0.960 bits per heavy atom. The standard InChI is InChI=1S/C17H16N2O6/c1-9-13(16(20)24-3)15(14(10(2)18-9)17(21)25-4)11-5-7-12(8-6-11)19(22)23/h5-8H,1-4H3. The topological polar surface area (TPSA) is 109 Å². The molecular weight excluding hydrogens is 328 g/mol. The number of aromatic nitrogens is 1. The van der Waals surface area contributed by atoms with E-state index in [0.717, 1.165) is 0 Å². The zero-order chi connectivity index (χ0) is 18.7. The van der Waals surface area contributed by atoms with Gasteiger partial charge in [-0.2, -0.15) is 0 Å². The van der Waals surface area contributed by atoms with Gasteiger partial charge in [0.2, 0.25) is 0 Å². The number of nitrogens with zero attached hydrogens (tertiary/aromatic N) is 2. The molecule has 1 heterocycles. The van der Waals surface area contributed by atoms with Crippen molar-refractivity contribution in [2.75, 3.05) is 14.2 Å². The highest BCUT2D eigenvalue weighted by Gasteiger charge is 2.27. The number of ether oxygens (including phenoxy) is 2. The minimum absolute atomic E-state index is 0.106. The lowest BCUT2D eigenvalue weighted by molar-refractivity contribution is -0.384. The van der Waals surface area contributed by atoms with Crippen molar-refractivity contribution in [1.29, 1.82) is 0 Å². The van der Waals surface area contributed by atoms with E-state index >= 15 is 0 Å². The molecule has 0 aliphatic rings. The fourth-order valence-electron chi connectivity index (χ4n) is 2.59. The summed E-state index contributed by atoms with van der Waals surface area (Å²) in [6.45, 7) is 3.24. The van der Waals surface area contributed by atoms with Crippen LogP contribution in [0.2, 0.25) is 0 Å². The van der Waals surface area contributed by atoms with Crippen LogP contribution in [-0.2, 0) is 9.47 Å². The highest BCUT2D eigenvalue weighted by molar-refractivity contribution is 6.07. The number of methoxy groups -OCH3 is 2. The van der Waals surface area contributed by atoms with E-state index in [9.17, 15) is 19.7 Å². The maximum Gasteiger partial charge on any atom is 0.340 e. The Morgan fingerprint density at radius 3 is 1.76 bits per heavy atom. The predicted octanol–water partition coefficient (Wildman–Crippen LogP) is 2.85. The maximum atomic E-state index is 12.3. The van der Waals surface area contributed by atoms with E-state index < -0.39 is 16.9 Å². The molecule has 0 fully saturated rings. The summed E-state index contributed by atoms with van der Waals surface area (Å²) in [6, 6.07) is 5.52. The van der Waals surface area contributed by atoms with Crippen molar-refractivity contribution in [3.63, 3.8) is 0 Å². The van der Waals surface area contributed by atoms with Crippen LogP contribution in [0.1, 0.15) is 32.1 Å². The molecule has 2 rings (SSSR count). The van der Waals surface area contributed by atoms with E-state index in [1.165, 1.54) is 38.5 Å². The van der Waals surface area contributed by atoms with Crippen LogP contribution in [-0.4, -0.2) is 36.1 Å². The molecule has 8 heteroatoms. The number of rotatable bonds is 4. The fourth-order valence-corrected chi connectivity index (χ4v) is 2.59. The minimum Gasteiger partial charge on any atom is -0.465 e. The monoisotopic (exact) mass is 344 g/mol. The van der Waals surface area contributed by atoms with Crippen molar-refractivity contribution in [1.82, 2.24) is 4.98 Å². The smallest absolute Gasteiger partial charge is 0.340 e. The molecule has 1 aromatic heterocycles. The number of hydrogen-bond acceptors (Lipinski definition) is 7. The van der Waals surface area contributed by atoms with Crippen molar-refractivity contribution in [2.24, 2.45) is 0 Å². The van der Waals surface area contributed by atoms with Gasteiger partial charge in [0.25, 0.3) is 5.69 Å². The summed E-state index contributed by atoms with van der Waals surface area (Å²) in [7, 11) is 2.44. The van der Waals surface area contributed by atoms with E-state index in [2.05, 4.69) is 4.98 Å². The Balaban J connectivity index is 2.85. The third-order valence-corrected chi connectivity index (χ3v) is 3.70. The third kappa shape index (κ3) is 3.32. The zero-order valence-corrected chi connectivity index (χ0v) is 14.2. The molecule has 1 aromatic carbocycles. The molecule has 0 radical (unpaired) electrons. The normalized spacial score (nSPS) is 10.2. The van der Waals surface area contributed by atoms with Gasteiger partial charge in [0.1, 0.15) is 0 Å². The average Bonchev–Trinajstić information content (AvgIpc) is 2.60. The van der Waals surface area contributed by atoms with Crippen molar-refractivity contribution < 1.29 is 24.0 Å². The lowest BCUT2D eigenvalue weighted by Gasteiger charge is -2.16. The summed E-state index contributed by atoms with van der Waals surface area (Å²) in [6.07, 6.45) is 0. The van der Waals surface area contributed by atoms with Crippen LogP contribution in [0.25, 0.3) is 11.1 Å². The summed E-state index contributed by atoms with van der Waals surface area (Å²) in [5, 5.41) is 10.8. The van der Waals surface area contributed by atoms with Crippen LogP contribution in [0.4, 0.5) is 5.69 Å². The molecule has 0 amide bonds. The van der Waals surface area contributed by atoms with E-state index in [4.69, 9.17) is 9.47 Å². The van der Waals surface area contributed by atoms with Gasteiger partial charge in [0.05, 0.1) is 41.7 Å². The summed E-state index contributed by atoms with van der Waals surface area (Å²) in [5.41, 5.74) is 1.60. The highest BCUT2D eigenvalue weighted by Crippen LogP contribution is 2.33. The Hall–Kier alpha value is -3.29. The van der Waals surface area contributed by atoms with Crippen molar-refractivity contribution in [3.8, 4) is 11.1 Å². The molecule has 130 valence electrons. The molecule has 0 atom stereocenters. The van der Waals surface area contributed by atoms with Crippen molar-refractivity contribution >= 4 is 17.6 Å². The van der Waals surface area contributed by atoms with Gasteiger partial charge in [0, 0.05) is 17.7 Å². The molecule has 2 aromatic rings. The number of pyridine rings is 1. The Bertz CT molecular complexity index is 818. The largest absolute Gasteiger partial charge is 0.465 e. The highest BCUT2D eigenvalue weighted by atomic mass is 16.6. The quantitative estimate of drug-likeness (QED) is 0.476. The van der Waals surface area contributed by atoms with Crippen LogP contribution >= 0.6 is 0 Å². The number of carbonyl (C=O) groups excluding carboxylic acids is 2. The minimum atomic E-state index is -0.663. The lowest BCUT2D eigenvalue weighted by atomic mass is 9.92. The van der Waals surface area contributed by atoms with Gasteiger partial charge in [-0.25, -0.2) is 9.59 Å². The molecule has 0 N–H and O–H groups in total. The van der Waals surface area contributed by atoms with Crippen molar-refractivity contribution in [3.05, 3.63) is 56.9 Å². The molecule has 0 bridgehead atoms. The second-order valence-electron chi connectivity index (χ2n) is 5.19. The number of hydrogen-bond donors (Lipinski definition) is 0. The molecule has 25 heavy (non-hydrogen) atoms. The summed E-state index contributed by atoms with van der Waals surface area (Å²) in [4.78, 5) is 39.1. The number of nitro benzene ring substituents is 1. The number of carbonyl (C=O) groups is 2. The number of benzene rings is 1.